The van der Waals surface area contributed by atoms with Gasteiger partial charge in [0, 0.05) is 22.0 Å². The van der Waals surface area contributed by atoms with Crippen LogP contribution in [0, 0.1) is 0 Å². The van der Waals surface area contributed by atoms with E-state index in [0.717, 1.165) is 22.5 Å². The minimum Gasteiger partial charge on any atom is -0.353 e. The van der Waals surface area contributed by atoms with Crippen LogP contribution in [0.15, 0.2) is 53.6 Å². The van der Waals surface area contributed by atoms with E-state index in [0.29, 0.717) is 0 Å². The topological polar surface area (TPSA) is 40.2 Å². The second-order valence-corrected chi connectivity index (χ2v) is 4.38. The number of nitrogens with zero attached hydrogens (tertiary/aromatic N) is 1. The lowest BCUT2D eigenvalue weighted by molar-refractivity contribution is 1.37. The second kappa shape index (κ2) is 3.47. The average Bonchev–Trinajstić information content (AvgIpc) is 2.69. The predicted molar refractivity (Wildman–Crippen MR) is 75.0 cm³/mol. The molecule has 0 unspecified atom stereocenters. The number of anilines is 1. The molecule has 3 heteroatoms. The van der Waals surface area contributed by atoms with Gasteiger partial charge in [-0.25, -0.2) is 0 Å². The summed E-state index contributed by atoms with van der Waals surface area (Å²) in [6.45, 7) is 0. The van der Waals surface area contributed by atoms with Gasteiger partial charge in [0.05, 0.1) is 17.6 Å². The molecule has 4 rings (SSSR count). The number of aromatic amines is 1. The maximum absolute atomic E-state index is 4.28. The van der Waals surface area contributed by atoms with Gasteiger partial charge in [-0.3, -0.25) is 5.43 Å². The van der Waals surface area contributed by atoms with Crippen LogP contribution >= 0.6 is 0 Å². The van der Waals surface area contributed by atoms with Crippen molar-refractivity contribution in [3.8, 4) is 11.3 Å². The van der Waals surface area contributed by atoms with Gasteiger partial charge in [-0.1, -0.05) is 42.5 Å². The van der Waals surface area contributed by atoms with E-state index >= 15 is 0 Å². The Bertz CT molecular complexity index is 768. The van der Waals surface area contributed by atoms with Crippen molar-refractivity contribution < 1.29 is 0 Å². The fraction of sp³-hybridized carbons (Fsp3) is 0. The minimum absolute atomic E-state index is 1.05. The zero-order valence-electron chi connectivity index (χ0n) is 9.64. The number of benzene rings is 2. The molecule has 18 heavy (non-hydrogen) atoms. The molecule has 3 nitrogen and oxygen atoms in total. The quantitative estimate of drug-likeness (QED) is 0.612. The molecule has 0 saturated carbocycles. The fourth-order valence-corrected chi connectivity index (χ4v) is 2.46. The second-order valence-electron chi connectivity index (χ2n) is 4.38. The molecule has 0 atom stereocenters. The summed E-state index contributed by atoms with van der Waals surface area (Å²) in [7, 11) is 0. The summed E-state index contributed by atoms with van der Waals surface area (Å²) in [4.78, 5) is 3.47. The zero-order chi connectivity index (χ0) is 11.9. The van der Waals surface area contributed by atoms with Crippen LogP contribution in [0.4, 0.5) is 5.69 Å². The number of H-pyrrole nitrogens is 1. The van der Waals surface area contributed by atoms with Crippen molar-refractivity contribution in [1.29, 1.82) is 0 Å². The van der Waals surface area contributed by atoms with Crippen molar-refractivity contribution in [1.82, 2.24) is 4.98 Å². The highest BCUT2D eigenvalue weighted by molar-refractivity contribution is 6.05. The van der Waals surface area contributed by atoms with Gasteiger partial charge >= 0.3 is 0 Å². The first-order valence-corrected chi connectivity index (χ1v) is 5.93. The molecule has 0 amide bonds. The van der Waals surface area contributed by atoms with Crippen LogP contribution in [0.25, 0.3) is 22.2 Å². The summed E-state index contributed by atoms with van der Waals surface area (Å²) in [6.07, 6.45) is 1.86. The maximum Gasteiger partial charge on any atom is 0.0896 e. The smallest absolute Gasteiger partial charge is 0.0896 e. The Balaban J connectivity index is 2.13. The van der Waals surface area contributed by atoms with E-state index in [1.165, 1.54) is 10.9 Å². The molecule has 1 aliphatic rings. The largest absolute Gasteiger partial charge is 0.353 e. The SMILES string of the molecule is C1=NNc2c([nH]c3ccccc23)-c2ccccc21. The molecule has 0 spiro atoms. The maximum atomic E-state index is 4.28. The van der Waals surface area contributed by atoms with Crippen molar-refractivity contribution in [2.45, 2.75) is 0 Å². The zero-order valence-corrected chi connectivity index (χ0v) is 9.64. The molecular weight excluding hydrogens is 222 g/mol. The van der Waals surface area contributed by atoms with Crippen molar-refractivity contribution in [3.05, 3.63) is 54.1 Å². The van der Waals surface area contributed by atoms with E-state index in [1.807, 2.05) is 30.5 Å². The van der Waals surface area contributed by atoms with E-state index in [1.54, 1.807) is 0 Å². The third-order valence-electron chi connectivity index (χ3n) is 3.32. The number of rotatable bonds is 0. The Kier molecular flexibility index (Phi) is 1.83. The highest BCUT2D eigenvalue weighted by Crippen LogP contribution is 2.37. The predicted octanol–water partition coefficient (Wildman–Crippen LogP) is 3.59. The first-order valence-electron chi connectivity index (χ1n) is 5.93. The first-order chi connectivity index (χ1) is 8.93. The van der Waals surface area contributed by atoms with Gasteiger partial charge in [0.25, 0.3) is 0 Å². The number of fused-ring (bicyclic) bond motifs is 5. The summed E-state index contributed by atoms with van der Waals surface area (Å²) in [5.74, 6) is 0. The van der Waals surface area contributed by atoms with Crippen LogP contribution in [-0.4, -0.2) is 11.2 Å². The lowest BCUT2D eigenvalue weighted by Crippen LogP contribution is -1.85. The van der Waals surface area contributed by atoms with Gasteiger partial charge in [-0.15, -0.1) is 0 Å². The summed E-state index contributed by atoms with van der Waals surface area (Å²) in [6, 6.07) is 16.5. The van der Waals surface area contributed by atoms with Crippen LogP contribution in [0.2, 0.25) is 0 Å². The Morgan fingerprint density at radius 3 is 2.72 bits per heavy atom. The van der Waals surface area contributed by atoms with Gasteiger partial charge in [-0.05, 0) is 6.07 Å². The van der Waals surface area contributed by atoms with E-state index in [-0.39, 0.29) is 0 Å². The Morgan fingerprint density at radius 1 is 0.889 bits per heavy atom. The molecular formula is C15H11N3. The molecule has 2 heterocycles. The standard InChI is InChI=1S/C15H11N3/c1-2-6-11-10(5-1)9-16-18-15-12-7-3-4-8-13(12)17-14(11)15/h1-9,17-18H. The van der Waals surface area contributed by atoms with Gasteiger partial charge in [-0.2, -0.15) is 5.10 Å². The van der Waals surface area contributed by atoms with Crippen LogP contribution < -0.4 is 5.43 Å². The molecule has 0 aliphatic carbocycles. The fourth-order valence-electron chi connectivity index (χ4n) is 2.46. The minimum atomic E-state index is 1.05. The number of hydrogen-bond donors (Lipinski definition) is 2. The third kappa shape index (κ3) is 1.21. The molecule has 2 N–H and O–H groups in total. The number of para-hydroxylation sites is 1. The number of hydrazone groups is 1. The number of nitrogens with one attached hydrogen (secondary N) is 2. The lowest BCUT2D eigenvalue weighted by Gasteiger charge is -2.02. The molecule has 0 bridgehead atoms. The van der Waals surface area contributed by atoms with Crippen molar-refractivity contribution >= 4 is 22.8 Å². The van der Waals surface area contributed by atoms with Crippen molar-refractivity contribution in [3.63, 3.8) is 0 Å². The Hall–Kier alpha value is -2.55. The van der Waals surface area contributed by atoms with Crippen molar-refractivity contribution in [2.24, 2.45) is 5.10 Å². The summed E-state index contributed by atoms with van der Waals surface area (Å²) in [5, 5.41) is 5.45. The number of aromatic nitrogens is 1. The monoisotopic (exact) mass is 233 g/mol. The van der Waals surface area contributed by atoms with Gasteiger partial charge in [0.15, 0.2) is 0 Å². The Morgan fingerprint density at radius 2 is 1.72 bits per heavy atom. The molecule has 86 valence electrons. The van der Waals surface area contributed by atoms with Gasteiger partial charge < -0.3 is 4.98 Å². The lowest BCUT2D eigenvalue weighted by atomic mass is 10.0. The van der Waals surface area contributed by atoms with Gasteiger partial charge in [0.1, 0.15) is 0 Å². The normalized spacial score (nSPS) is 12.7. The third-order valence-corrected chi connectivity index (χ3v) is 3.32. The molecule has 2 aromatic carbocycles. The summed E-state index contributed by atoms with van der Waals surface area (Å²) < 4.78 is 0. The molecule has 0 fully saturated rings. The summed E-state index contributed by atoms with van der Waals surface area (Å²) >= 11 is 0. The molecule has 0 radical (unpaired) electrons. The first kappa shape index (κ1) is 9.48. The highest BCUT2D eigenvalue weighted by atomic mass is 15.3. The molecule has 1 aliphatic heterocycles. The van der Waals surface area contributed by atoms with Crippen LogP contribution in [0.5, 0.6) is 0 Å². The van der Waals surface area contributed by atoms with E-state index in [2.05, 4.69) is 39.8 Å². The summed E-state index contributed by atoms with van der Waals surface area (Å²) in [5.41, 5.74) is 8.71. The molecule has 3 aromatic rings. The van der Waals surface area contributed by atoms with E-state index < -0.39 is 0 Å². The highest BCUT2D eigenvalue weighted by Gasteiger charge is 2.16. The Labute approximate surface area is 104 Å². The van der Waals surface area contributed by atoms with E-state index in [4.69, 9.17) is 0 Å². The van der Waals surface area contributed by atoms with Gasteiger partial charge in [0.2, 0.25) is 0 Å². The van der Waals surface area contributed by atoms with Crippen LogP contribution in [0.3, 0.4) is 0 Å². The van der Waals surface area contributed by atoms with Crippen LogP contribution in [0.1, 0.15) is 5.56 Å². The number of hydrogen-bond acceptors (Lipinski definition) is 2. The molecule has 1 aromatic heterocycles. The average molecular weight is 233 g/mol. The van der Waals surface area contributed by atoms with E-state index in [9.17, 15) is 0 Å². The molecule has 0 saturated heterocycles. The van der Waals surface area contributed by atoms with Crippen molar-refractivity contribution in [2.75, 3.05) is 5.43 Å². The van der Waals surface area contributed by atoms with Crippen LogP contribution in [-0.2, 0) is 0 Å².